The Morgan fingerprint density at radius 1 is 1.35 bits per heavy atom. The zero-order valence-corrected chi connectivity index (χ0v) is 17.2. The maximum atomic E-state index is 12.2. The summed E-state index contributed by atoms with van der Waals surface area (Å²) in [5, 5.41) is 3.39. The normalized spacial score (nSPS) is 16.3. The van der Waals surface area contributed by atoms with Crippen molar-refractivity contribution in [1.82, 2.24) is 15.1 Å². The summed E-state index contributed by atoms with van der Waals surface area (Å²) in [6, 6.07) is 5.28. The van der Waals surface area contributed by atoms with Crippen LogP contribution in [0.15, 0.2) is 18.2 Å². The molecule has 1 saturated heterocycles. The molecule has 1 aliphatic heterocycles. The van der Waals surface area contributed by atoms with Crippen LogP contribution in [0.1, 0.15) is 37.0 Å². The average molecular weight is 382 g/mol. The molecule has 0 atom stereocenters. The van der Waals surface area contributed by atoms with Crippen molar-refractivity contribution in [2.24, 2.45) is 5.92 Å². The number of ether oxygens (including phenoxy) is 1. The van der Waals surface area contributed by atoms with E-state index in [4.69, 9.17) is 16.3 Å². The van der Waals surface area contributed by atoms with E-state index in [-0.39, 0.29) is 12.0 Å². The van der Waals surface area contributed by atoms with E-state index in [2.05, 4.69) is 24.1 Å². The van der Waals surface area contributed by atoms with E-state index in [0.717, 1.165) is 39.0 Å². The standard InChI is InChI=1S/C20H32ClN3O2/c1-15(2)14-24-10-7-17(8-11-24)26-19-6-5-16(13-18(19)21)20(25)22-9-12-23(3)4/h5-6,13,15,17H,7-12,14H2,1-4H3,(H,22,25). The molecule has 5 nitrogen and oxygen atoms in total. The first-order chi connectivity index (χ1) is 12.3. The molecule has 1 aromatic carbocycles. The van der Waals surface area contributed by atoms with Crippen LogP contribution in [0.4, 0.5) is 0 Å². The number of nitrogens with zero attached hydrogens (tertiary/aromatic N) is 2. The second kappa shape index (κ2) is 10.1. The van der Waals surface area contributed by atoms with Gasteiger partial charge in [0.25, 0.3) is 5.91 Å². The maximum absolute atomic E-state index is 12.2. The molecule has 1 N–H and O–H groups in total. The molecule has 1 amide bonds. The Kier molecular flexibility index (Phi) is 8.19. The SMILES string of the molecule is CC(C)CN1CCC(Oc2ccc(C(=O)NCCN(C)C)cc2Cl)CC1. The summed E-state index contributed by atoms with van der Waals surface area (Å²) in [6.45, 7) is 9.18. The van der Waals surface area contributed by atoms with Crippen molar-refractivity contribution >= 4 is 17.5 Å². The number of likely N-dealkylation sites (tertiary alicyclic amines) is 1. The number of nitrogens with one attached hydrogen (secondary N) is 1. The summed E-state index contributed by atoms with van der Waals surface area (Å²) in [6.07, 6.45) is 2.21. The van der Waals surface area contributed by atoms with Crippen molar-refractivity contribution in [3.63, 3.8) is 0 Å². The molecule has 6 heteroatoms. The lowest BCUT2D eigenvalue weighted by molar-refractivity contribution is 0.0938. The monoisotopic (exact) mass is 381 g/mol. The molecular weight excluding hydrogens is 350 g/mol. The van der Waals surface area contributed by atoms with Gasteiger partial charge in [0.05, 0.1) is 5.02 Å². The van der Waals surface area contributed by atoms with Gasteiger partial charge in [0.15, 0.2) is 0 Å². The lowest BCUT2D eigenvalue weighted by atomic mass is 10.1. The van der Waals surface area contributed by atoms with E-state index in [1.165, 1.54) is 0 Å². The minimum Gasteiger partial charge on any atom is -0.489 e. The Labute approximate surface area is 162 Å². The molecule has 0 saturated carbocycles. The first-order valence-corrected chi connectivity index (χ1v) is 9.84. The number of likely N-dealkylation sites (N-methyl/N-ethyl adjacent to an activating group) is 1. The number of rotatable bonds is 8. The quantitative estimate of drug-likeness (QED) is 0.751. The fourth-order valence-corrected chi connectivity index (χ4v) is 3.36. The van der Waals surface area contributed by atoms with E-state index < -0.39 is 0 Å². The highest BCUT2D eigenvalue weighted by atomic mass is 35.5. The fourth-order valence-electron chi connectivity index (χ4n) is 3.14. The van der Waals surface area contributed by atoms with E-state index in [1.54, 1.807) is 12.1 Å². The largest absolute Gasteiger partial charge is 0.489 e. The van der Waals surface area contributed by atoms with Crippen LogP contribution in [-0.4, -0.2) is 68.6 Å². The lowest BCUT2D eigenvalue weighted by Gasteiger charge is -2.33. The number of hydrogen-bond acceptors (Lipinski definition) is 4. The van der Waals surface area contributed by atoms with Crippen LogP contribution in [0, 0.1) is 5.92 Å². The van der Waals surface area contributed by atoms with E-state index in [0.29, 0.717) is 28.8 Å². The van der Waals surface area contributed by atoms with Crippen molar-refractivity contribution in [1.29, 1.82) is 0 Å². The van der Waals surface area contributed by atoms with Crippen molar-refractivity contribution in [3.05, 3.63) is 28.8 Å². The van der Waals surface area contributed by atoms with Gasteiger partial charge in [-0.05, 0) is 51.1 Å². The Morgan fingerprint density at radius 2 is 2.04 bits per heavy atom. The van der Waals surface area contributed by atoms with Crippen LogP contribution >= 0.6 is 11.6 Å². The van der Waals surface area contributed by atoms with Gasteiger partial charge in [-0.2, -0.15) is 0 Å². The van der Waals surface area contributed by atoms with Gasteiger partial charge in [0.2, 0.25) is 0 Å². The number of piperidine rings is 1. The number of benzene rings is 1. The van der Waals surface area contributed by atoms with E-state index in [1.807, 2.05) is 25.1 Å². The first kappa shape index (κ1) is 21.0. The molecule has 0 radical (unpaired) electrons. The zero-order chi connectivity index (χ0) is 19.1. The van der Waals surface area contributed by atoms with Gasteiger partial charge in [-0.1, -0.05) is 25.4 Å². The Hall–Kier alpha value is -1.30. The number of amides is 1. The van der Waals surface area contributed by atoms with Crippen LogP contribution < -0.4 is 10.1 Å². The van der Waals surface area contributed by atoms with Crippen LogP contribution in [0.2, 0.25) is 5.02 Å². The average Bonchev–Trinajstić information content (AvgIpc) is 2.57. The Morgan fingerprint density at radius 3 is 2.62 bits per heavy atom. The minimum absolute atomic E-state index is 0.109. The third kappa shape index (κ3) is 6.78. The fraction of sp³-hybridized carbons (Fsp3) is 0.650. The van der Waals surface area contributed by atoms with Crippen molar-refractivity contribution in [2.45, 2.75) is 32.8 Å². The Bertz CT molecular complexity index is 584. The molecule has 0 aliphatic carbocycles. The summed E-state index contributed by atoms with van der Waals surface area (Å²) in [7, 11) is 3.95. The molecule has 0 bridgehead atoms. The van der Waals surface area contributed by atoms with Crippen molar-refractivity contribution in [2.75, 3.05) is 46.8 Å². The van der Waals surface area contributed by atoms with Gasteiger partial charge in [0, 0.05) is 38.3 Å². The van der Waals surface area contributed by atoms with Gasteiger partial charge in [0.1, 0.15) is 11.9 Å². The number of hydrogen-bond donors (Lipinski definition) is 1. The van der Waals surface area contributed by atoms with Crippen LogP contribution in [0.3, 0.4) is 0 Å². The highest BCUT2D eigenvalue weighted by molar-refractivity contribution is 6.32. The zero-order valence-electron chi connectivity index (χ0n) is 16.4. The van der Waals surface area contributed by atoms with E-state index >= 15 is 0 Å². The smallest absolute Gasteiger partial charge is 0.251 e. The third-order valence-corrected chi connectivity index (χ3v) is 4.79. The summed E-state index contributed by atoms with van der Waals surface area (Å²) < 4.78 is 6.09. The molecule has 26 heavy (non-hydrogen) atoms. The van der Waals surface area contributed by atoms with E-state index in [9.17, 15) is 4.79 Å². The second-order valence-electron chi connectivity index (χ2n) is 7.72. The van der Waals surface area contributed by atoms with Gasteiger partial charge in [-0.3, -0.25) is 4.79 Å². The highest BCUT2D eigenvalue weighted by Gasteiger charge is 2.22. The predicted molar refractivity (Wildman–Crippen MR) is 107 cm³/mol. The van der Waals surface area contributed by atoms with Gasteiger partial charge in [-0.25, -0.2) is 0 Å². The molecule has 2 rings (SSSR count). The summed E-state index contributed by atoms with van der Waals surface area (Å²) in [5.74, 6) is 1.25. The number of carbonyl (C=O) groups is 1. The first-order valence-electron chi connectivity index (χ1n) is 9.46. The summed E-state index contributed by atoms with van der Waals surface area (Å²) in [5.41, 5.74) is 0.563. The molecule has 0 aromatic heterocycles. The van der Waals surface area contributed by atoms with Crippen LogP contribution in [-0.2, 0) is 0 Å². The maximum Gasteiger partial charge on any atom is 0.251 e. The Balaban J connectivity index is 1.85. The van der Waals surface area contributed by atoms with Crippen molar-refractivity contribution < 1.29 is 9.53 Å². The van der Waals surface area contributed by atoms with Gasteiger partial charge in [-0.15, -0.1) is 0 Å². The highest BCUT2D eigenvalue weighted by Crippen LogP contribution is 2.28. The minimum atomic E-state index is -0.109. The molecule has 146 valence electrons. The predicted octanol–water partition coefficient (Wildman–Crippen LogP) is 3.13. The molecule has 0 unspecified atom stereocenters. The molecule has 1 aromatic rings. The molecular formula is C20H32ClN3O2. The lowest BCUT2D eigenvalue weighted by Crippen LogP contribution is -2.39. The number of carbonyl (C=O) groups excluding carboxylic acids is 1. The van der Waals surface area contributed by atoms with Crippen molar-refractivity contribution in [3.8, 4) is 5.75 Å². The molecule has 1 aliphatic rings. The van der Waals surface area contributed by atoms with Crippen LogP contribution in [0.25, 0.3) is 0 Å². The third-order valence-electron chi connectivity index (χ3n) is 4.49. The summed E-state index contributed by atoms with van der Waals surface area (Å²) >= 11 is 6.35. The molecule has 1 heterocycles. The molecule has 0 spiro atoms. The van der Waals surface area contributed by atoms with Gasteiger partial charge >= 0.3 is 0 Å². The summed E-state index contributed by atoms with van der Waals surface area (Å²) in [4.78, 5) is 16.7. The molecule has 1 fully saturated rings. The second-order valence-corrected chi connectivity index (χ2v) is 8.12. The van der Waals surface area contributed by atoms with Crippen LogP contribution in [0.5, 0.6) is 5.75 Å². The number of halogens is 1. The topological polar surface area (TPSA) is 44.8 Å². The van der Waals surface area contributed by atoms with Gasteiger partial charge < -0.3 is 19.9 Å².